The zero-order chi connectivity index (χ0) is 18.1. The van der Waals surface area contributed by atoms with Gasteiger partial charge >= 0.3 is 0 Å². The van der Waals surface area contributed by atoms with Crippen LogP contribution in [0.15, 0.2) is 60.7 Å². The standard InChI is InChI=1S/C21H18ClN3S/c1-3-25(16-11-7-8-14(2)12-16)19-17-13-18(15-9-5-4-6-10-15)26-20(17)24-21(22)23-19/h4-13H,3H2,1-2H3. The van der Waals surface area contributed by atoms with Gasteiger partial charge in [-0.1, -0.05) is 42.5 Å². The Morgan fingerprint density at radius 3 is 2.54 bits per heavy atom. The van der Waals surface area contributed by atoms with Gasteiger partial charge in [0, 0.05) is 17.1 Å². The average Bonchev–Trinajstić information content (AvgIpc) is 3.07. The summed E-state index contributed by atoms with van der Waals surface area (Å²) in [6, 6.07) is 20.9. The lowest BCUT2D eigenvalue weighted by molar-refractivity contribution is 0.990. The zero-order valence-corrected chi connectivity index (χ0v) is 16.2. The average molecular weight is 380 g/mol. The Morgan fingerprint density at radius 2 is 1.81 bits per heavy atom. The number of hydrogen-bond acceptors (Lipinski definition) is 4. The smallest absolute Gasteiger partial charge is 0.225 e. The maximum atomic E-state index is 6.26. The van der Waals surface area contributed by atoms with E-state index >= 15 is 0 Å². The van der Waals surface area contributed by atoms with E-state index in [1.165, 1.54) is 16.0 Å². The Labute approximate surface area is 161 Å². The van der Waals surface area contributed by atoms with E-state index in [2.05, 4.69) is 71.2 Å². The second-order valence-corrected chi connectivity index (χ2v) is 7.46. The van der Waals surface area contributed by atoms with Crippen LogP contribution in [0.2, 0.25) is 5.28 Å². The third-order valence-corrected chi connectivity index (χ3v) is 5.54. The van der Waals surface area contributed by atoms with Crippen LogP contribution in [0.4, 0.5) is 11.5 Å². The van der Waals surface area contributed by atoms with Gasteiger partial charge in [-0.05, 0) is 54.8 Å². The summed E-state index contributed by atoms with van der Waals surface area (Å²) >= 11 is 7.90. The molecule has 26 heavy (non-hydrogen) atoms. The minimum absolute atomic E-state index is 0.278. The van der Waals surface area contributed by atoms with Crippen molar-refractivity contribution in [3.8, 4) is 10.4 Å². The summed E-state index contributed by atoms with van der Waals surface area (Å²) in [6.45, 7) is 5.01. The lowest BCUT2D eigenvalue weighted by Gasteiger charge is -2.23. The first-order valence-electron chi connectivity index (χ1n) is 8.52. The van der Waals surface area contributed by atoms with Crippen molar-refractivity contribution in [3.63, 3.8) is 0 Å². The molecule has 0 fully saturated rings. The van der Waals surface area contributed by atoms with Crippen LogP contribution >= 0.6 is 22.9 Å². The number of hydrogen-bond donors (Lipinski definition) is 0. The highest BCUT2D eigenvalue weighted by atomic mass is 35.5. The summed E-state index contributed by atoms with van der Waals surface area (Å²) in [5.74, 6) is 0.853. The molecule has 0 saturated heterocycles. The lowest BCUT2D eigenvalue weighted by Crippen LogP contribution is -2.18. The normalized spacial score (nSPS) is 11.0. The minimum Gasteiger partial charge on any atom is -0.326 e. The number of aryl methyl sites for hydroxylation is 1. The molecule has 2 aromatic heterocycles. The maximum absolute atomic E-state index is 6.26. The van der Waals surface area contributed by atoms with Gasteiger partial charge in [-0.2, -0.15) is 4.98 Å². The monoisotopic (exact) mass is 379 g/mol. The Morgan fingerprint density at radius 1 is 1.00 bits per heavy atom. The highest BCUT2D eigenvalue weighted by Gasteiger charge is 2.18. The topological polar surface area (TPSA) is 29.0 Å². The van der Waals surface area contributed by atoms with Gasteiger partial charge in [0.05, 0.1) is 5.39 Å². The van der Waals surface area contributed by atoms with Crippen LogP contribution in [-0.4, -0.2) is 16.5 Å². The Kier molecular flexibility index (Phi) is 4.62. The fourth-order valence-corrected chi connectivity index (χ4v) is 4.33. The van der Waals surface area contributed by atoms with Gasteiger partial charge in [-0.25, -0.2) is 4.98 Å². The van der Waals surface area contributed by atoms with Gasteiger partial charge in [-0.3, -0.25) is 0 Å². The molecule has 4 rings (SSSR count). The molecule has 0 saturated carbocycles. The minimum atomic E-state index is 0.278. The van der Waals surface area contributed by atoms with Gasteiger partial charge in [0.15, 0.2) is 0 Å². The van der Waals surface area contributed by atoms with Gasteiger partial charge in [0.2, 0.25) is 5.28 Å². The largest absolute Gasteiger partial charge is 0.326 e. The van der Waals surface area contributed by atoms with Crippen molar-refractivity contribution in [1.82, 2.24) is 9.97 Å². The first kappa shape index (κ1) is 17.0. The van der Waals surface area contributed by atoms with Gasteiger partial charge in [0.25, 0.3) is 0 Å². The van der Waals surface area contributed by atoms with Crippen LogP contribution in [0, 0.1) is 6.92 Å². The number of rotatable bonds is 4. The molecule has 0 amide bonds. The van der Waals surface area contributed by atoms with Gasteiger partial charge < -0.3 is 4.90 Å². The van der Waals surface area contributed by atoms with E-state index < -0.39 is 0 Å². The molecule has 0 aliphatic heterocycles. The summed E-state index contributed by atoms with van der Waals surface area (Å²) < 4.78 is 0. The molecule has 0 atom stereocenters. The molecule has 0 N–H and O–H groups in total. The quantitative estimate of drug-likeness (QED) is 0.380. The van der Waals surface area contributed by atoms with Crippen molar-refractivity contribution in [3.05, 3.63) is 71.5 Å². The lowest BCUT2D eigenvalue weighted by atomic mass is 10.1. The highest BCUT2D eigenvalue weighted by Crippen LogP contribution is 2.39. The van der Waals surface area contributed by atoms with Crippen LogP contribution in [0.1, 0.15) is 12.5 Å². The number of anilines is 2. The maximum Gasteiger partial charge on any atom is 0.225 e. The molecule has 0 aliphatic carbocycles. The first-order valence-corrected chi connectivity index (χ1v) is 9.72. The number of thiophene rings is 1. The van der Waals surface area contributed by atoms with E-state index in [0.717, 1.165) is 28.3 Å². The fraction of sp³-hybridized carbons (Fsp3) is 0.143. The number of fused-ring (bicyclic) bond motifs is 1. The molecule has 0 aliphatic rings. The molecule has 2 aromatic carbocycles. The van der Waals surface area contributed by atoms with E-state index in [9.17, 15) is 0 Å². The van der Waals surface area contributed by atoms with Crippen LogP contribution in [0.5, 0.6) is 0 Å². The third kappa shape index (κ3) is 3.18. The second-order valence-electron chi connectivity index (χ2n) is 6.10. The molecular weight excluding hydrogens is 362 g/mol. The summed E-state index contributed by atoms with van der Waals surface area (Å²) in [5, 5.41) is 1.31. The first-order chi connectivity index (χ1) is 12.7. The highest BCUT2D eigenvalue weighted by molar-refractivity contribution is 7.22. The number of halogens is 1. The Bertz CT molecular complexity index is 1060. The number of benzene rings is 2. The van der Waals surface area contributed by atoms with E-state index in [1.54, 1.807) is 11.3 Å². The van der Waals surface area contributed by atoms with E-state index in [1.807, 2.05) is 18.2 Å². The summed E-state index contributed by atoms with van der Waals surface area (Å²) in [5.41, 5.74) is 3.50. The summed E-state index contributed by atoms with van der Waals surface area (Å²) in [7, 11) is 0. The van der Waals surface area contributed by atoms with Crippen molar-refractivity contribution in [2.75, 3.05) is 11.4 Å². The fourth-order valence-electron chi connectivity index (χ4n) is 3.08. The molecule has 5 heteroatoms. The molecular formula is C21H18ClN3S. The summed E-state index contributed by atoms with van der Waals surface area (Å²) in [6.07, 6.45) is 0. The SMILES string of the molecule is CCN(c1cccc(C)c1)c1nc(Cl)nc2sc(-c3ccccc3)cc12. The van der Waals surface area contributed by atoms with Crippen molar-refractivity contribution in [2.24, 2.45) is 0 Å². The van der Waals surface area contributed by atoms with E-state index in [4.69, 9.17) is 11.6 Å². The molecule has 0 radical (unpaired) electrons. The number of aromatic nitrogens is 2. The van der Waals surface area contributed by atoms with Crippen molar-refractivity contribution >= 4 is 44.7 Å². The Balaban J connectivity index is 1.90. The molecule has 2 heterocycles. The molecule has 0 spiro atoms. The van der Waals surface area contributed by atoms with E-state index in [-0.39, 0.29) is 5.28 Å². The van der Waals surface area contributed by atoms with Crippen molar-refractivity contribution in [2.45, 2.75) is 13.8 Å². The van der Waals surface area contributed by atoms with Gasteiger partial charge in [-0.15, -0.1) is 11.3 Å². The summed E-state index contributed by atoms with van der Waals surface area (Å²) in [4.78, 5) is 13.3. The number of nitrogens with zero attached hydrogens (tertiary/aromatic N) is 3. The zero-order valence-electron chi connectivity index (χ0n) is 14.6. The predicted octanol–water partition coefficient (Wildman–Crippen LogP) is 6.48. The van der Waals surface area contributed by atoms with Crippen LogP contribution in [0.3, 0.4) is 0 Å². The molecule has 0 unspecified atom stereocenters. The van der Waals surface area contributed by atoms with E-state index in [0.29, 0.717) is 0 Å². The van der Waals surface area contributed by atoms with Crippen molar-refractivity contribution < 1.29 is 0 Å². The van der Waals surface area contributed by atoms with Crippen LogP contribution < -0.4 is 4.90 Å². The van der Waals surface area contributed by atoms with Gasteiger partial charge in [0.1, 0.15) is 10.6 Å². The van der Waals surface area contributed by atoms with Crippen LogP contribution in [-0.2, 0) is 0 Å². The Hall–Kier alpha value is -2.43. The predicted molar refractivity (Wildman–Crippen MR) is 112 cm³/mol. The molecule has 4 aromatic rings. The second kappa shape index (κ2) is 7.06. The molecule has 3 nitrogen and oxygen atoms in total. The van der Waals surface area contributed by atoms with Crippen LogP contribution in [0.25, 0.3) is 20.7 Å². The molecule has 130 valence electrons. The third-order valence-electron chi connectivity index (χ3n) is 4.29. The molecule has 0 bridgehead atoms. The van der Waals surface area contributed by atoms with Crippen molar-refractivity contribution in [1.29, 1.82) is 0 Å².